The van der Waals surface area contributed by atoms with E-state index >= 15 is 0 Å². The van der Waals surface area contributed by atoms with Gasteiger partial charge in [-0.15, -0.1) is 10.2 Å². The van der Waals surface area contributed by atoms with E-state index in [1.165, 1.54) is 11.8 Å². The van der Waals surface area contributed by atoms with E-state index in [2.05, 4.69) is 15.5 Å². The molecule has 1 unspecified atom stereocenters. The van der Waals surface area contributed by atoms with Gasteiger partial charge in [0.25, 0.3) is 0 Å². The van der Waals surface area contributed by atoms with Gasteiger partial charge < -0.3 is 19.2 Å². The number of aromatic nitrogens is 3. The van der Waals surface area contributed by atoms with Crippen molar-refractivity contribution in [1.82, 2.24) is 14.8 Å². The second kappa shape index (κ2) is 9.76. The van der Waals surface area contributed by atoms with Gasteiger partial charge in [0.1, 0.15) is 11.5 Å². The first-order valence-electron chi connectivity index (χ1n) is 9.90. The molecule has 1 N–H and O–H groups in total. The molecule has 4 rings (SSSR count). The van der Waals surface area contributed by atoms with Crippen molar-refractivity contribution in [2.24, 2.45) is 0 Å². The molecule has 0 saturated carbocycles. The second-order valence-corrected chi connectivity index (χ2v) is 8.50. The van der Waals surface area contributed by atoms with Crippen LogP contribution in [0.2, 0.25) is 5.02 Å². The number of aryl methyl sites for hydroxylation is 1. The van der Waals surface area contributed by atoms with Crippen molar-refractivity contribution >= 4 is 35.0 Å². The number of rotatable bonds is 8. The maximum Gasteiger partial charge on any atom is 0.234 e. The maximum absolute atomic E-state index is 12.6. The van der Waals surface area contributed by atoms with E-state index < -0.39 is 0 Å². The van der Waals surface area contributed by atoms with Crippen molar-refractivity contribution in [2.75, 3.05) is 24.8 Å². The standard InChI is InChI=1S/C21H23ClN4O4S/c1-13-16(7-9-29-13)20-24-25-21(26(20)11-15-4-3-8-30-15)31-12-19(27)23-17-10-14(22)5-6-18(17)28-2/h5-7,9-10,15H,3-4,8,11-12H2,1-2H3,(H,23,27). The molecule has 2 aromatic heterocycles. The highest BCUT2D eigenvalue weighted by Gasteiger charge is 2.23. The van der Waals surface area contributed by atoms with E-state index in [1.807, 2.05) is 17.6 Å². The summed E-state index contributed by atoms with van der Waals surface area (Å²) in [6.45, 7) is 3.28. The number of anilines is 1. The molecule has 1 fully saturated rings. The lowest BCUT2D eigenvalue weighted by Gasteiger charge is -2.14. The Kier molecular flexibility index (Phi) is 6.84. The molecular formula is C21H23ClN4O4S. The van der Waals surface area contributed by atoms with Crippen molar-refractivity contribution in [2.45, 2.75) is 37.6 Å². The molecule has 0 spiro atoms. The Morgan fingerprint density at radius 2 is 2.26 bits per heavy atom. The van der Waals surface area contributed by atoms with Crippen LogP contribution in [0.1, 0.15) is 18.6 Å². The van der Waals surface area contributed by atoms with E-state index in [4.69, 9.17) is 25.5 Å². The predicted octanol–water partition coefficient (Wildman–Crippen LogP) is 4.42. The van der Waals surface area contributed by atoms with E-state index in [0.717, 1.165) is 30.8 Å². The number of furan rings is 1. The summed E-state index contributed by atoms with van der Waals surface area (Å²) < 4.78 is 18.5. The largest absolute Gasteiger partial charge is 0.495 e. The highest BCUT2D eigenvalue weighted by atomic mass is 35.5. The van der Waals surface area contributed by atoms with Crippen LogP contribution in [0, 0.1) is 6.92 Å². The lowest BCUT2D eigenvalue weighted by Crippen LogP contribution is -2.18. The number of thioether (sulfide) groups is 1. The number of ether oxygens (including phenoxy) is 2. The van der Waals surface area contributed by atoms with Crippen LogP contribution < -0.4 is 10.1 Å². The zero-order chi connectivity index (χ0) is 21.8. The number of methoxy groups -OCH3 is 1. The van der Waals surface area contributed by atoms with Gasteiger partial charge in [-0.1, -0.05) is 23.4 Å². The molecular weight excluding hydrogens is 440 g/mol. The van der Waals surface area contributed by atoms with Crippen molar-refractivity contribution in [1.29, 1.82) is 0 Å². The molecule has 1 aliphatic heterocycles. The fourth-order valence-corrected chi connectivity index (χ4v) is 4.38. The Balaban J connectivity index is 1.50. The first-order chi connectivity index (χ1) is 15.0. The van der Waals surface area contributed by atoms with Crippen LogP contribution in [0.3, 0.4) is 0 Å². The number of carbonyl (C=O) groups excluding carboxylic acids is 1. The van der Waals surface area contributed by atoms with Crippen molar-refractivity contribution < 1.29 is 18.7 Å². The van der Waals surface area contributed by atoms with E-state index in [-0.39, 0.29) is 17.8 Å². The summed E-state index contributed by atoms with van der Waals surface area (Å²) in [6.07, 6.45) is 3.76. The van der Waals surface area contributed by atoms with Crippen LogP contribution in [0.4, 0.5) is 5.69 Å². The Hall–Kier alpha value is -2.49. The molecule has 8 nitrogen and oxygen atoms in total. The minimum absolute atomic E-state index is 0.103. The van der Waals surface area contributed by atoms with Gasteiger partial charge in [0, 0.05) is 11.6 Å². The summed E-state index contributed by atoms with van der Waals surface area (Å²) in [6, 6.07) is 6.95. The van der Waals surface area contributed by atoms with Crippen LogP contribution in [0.25, 0.3) is 11.4 Å². The number of nitrogens with one attached hydrogen (secondary N) is 1. The van der Waals surface area contributed by atoms with Gasteiger partial charge in [0.2, 0.25) is 5.91 Å². The SMILES string of the molecule is COc1ccc(Cl)cc1NC(=O)CSc1nnc(-c2ccoc2C)n1CC1CCCO1. The van der Waals surface area contributed by atoms with Gasteiger partial charge in [-0.2, -0.15) is 0 Å². The molecule has 0 aliphatic carbocycles. The highest BCUT2D eigenvalue weighted by molar-refractivity contribution is 7.99. The smallest absolute Gasteiger partial charge is 0.234 e. The van der Waals surface area contributed by atoms with Crippen molar-refractivity contribution in [3.05, 3.63) is 41.3 Å². The summed E-state index contributed by atoms with van der Waals surface area (Å²) in [7, 11) is 1.54. The maximum atomic E-state index is 12.6. The number of carbonyl (C=O) groups is 1. The van der Waals surface area contributed by atoms with Crippen molar-refractivity contribution in [3.8, 4) is 17.1 Å². The zero-order valence-corrected chi connectivity index (χ0v) is 18.8. The topological polar surface area (TPSA) is 91.4 Å². The Morgan fingerprint density at radius 3 is 2.97 bits per heavy atom. The number of hydrogen-bond donors (Lipinski definition) is 1. The van der Waals surface area contributed by atoms with Crippen LogP contribution in [-0.2, 0) is 16.1 Å². The lowest BCUT2D eigenvalue weighted by atomic mass is 10.2. The van der Waals surface area contributed by atoms with E-state index in [0.29, 0.717) is 34.0 Å². The van der Waals surface area contributed by atoms with Gasteiger partial charge >= 0.3 is 0 Å². The molecule has 0 bridgehead atoms. The summed E-state index contributed by atoms with van der Waals surface area (Å²) >= 11 is 7.36. The minimum Gasteiger partial charge on any atom is -0.495 e. The molecule has 1 aliphatic rings. The molecule has 10 heteroatoms. The molecule has 1 aromatic carbocycles. The van der Waals surface area contributed by atoms with Gasteiger partial charge in [-0.25, -0.2) is 0 Å². The van der Waals surface area contributed by atoms with Gasteiger partial charge in [0.15, 0.2) is 11.0 Å². The second-order valence-electron chi connectivity index (χ2n) is 7.12. The molecule has 164 valence electrons. The summed E-state index contributed by atoms with van der Waals surface area (Å²) in [5, 5.41) is 12.7. The van der Waals surface area contributed by atoms with Gasteiger partial charge in [0.05, 0.1) is 43.0 Å². The first-order valence-corrected chi connectivity index (χ1v) is 11.3. The predicted molar refractivity (Wildman–Crippen MR) is 119 cm³/mol. The molecule has 31 heavy (non-hydrogen) atoms. The molecule has 3 heterocycles. The summed E-state index contributed by atoms with van der Waals surface area (Å²) in [5.74, 6) is 1.98. The quantitative estimate of drug-likeness (QED) is 0.495. The number of amides is 1. The molecule has 0 radical (unpaired) electrons. The number of benzene rings is 1. The minimum atomic E-state index is -0.196. The fourth-order valence-electron chi connectivity index (χ4n) is 3.46. The van der Waals surface area contributed by atoms with Crippen LogP contribution in [0.15, 0.2) is 40.1 Å². The zero-order valence-electron chi connectivity index (χ0n) is 17.3. The third kappa shape index (κ3) is 5.06. The highest BCUT2D eigenvalue weighted by Crippen LogP contribution is 2.30. The number of nitrogens with zero attached hydrogens (tertiary/aromatic N) is 3. The number of halogens is 1. The molecule has 1 atom stereocenters. The normalized spacial score (nSPS) is 15.9. The average molecular weight is 463 g/mol. The monoisotopic (exact) mass is 462 g/mol. The molecule has 1 saturated heterocycles. The van der Waals surface area contributed by atoms with E-state index in [1.54, 1.807) is 31.6 Å². The average Bonchev–Trinajstić information content (AvgIpc) is 3.49. The third-order valence-electron chi connectivity index (χ3n) is 4.99. The summed E-state index contributed by atoms with van der Waals surface area (Å²) in [4.78, 5) is 12.6. The van der Waals surface area contributed by atoms with Crippen LogP contribution in [0.5, 0.6) is 5.75 Å². The number of hydrogen-bond acceptors (Lipinski definition) is 7. The van der Waals surface area contributed by atoms with Crippen molar-refractivity contribution in [3.63, 3.8) is 0 Å². The van der Waals surface area contributed by atoms with Crippen LogP contribution in [-0.4, -0.2) is 46.2 Å². The summed E-state index contributed by atoms with van der Waals surface area (Å²) in [5.41, 5.74) is 1.40. The molecule has 3 aromatic rings. The van der Waals surface area contributed by atoms with E-state index in [9.17, 15) is 4.79 Å². The Labute approximate surface area is 189 Å². The lowest BCUT2D eigenvalue weighted by molar-refractivity contribution is -0.113. The Bertz CT molecular complexity index is 1060. The fraction of sp³-hybridized carbons (Fsp3) is 0.381. The Morgan fingerprint density at radius 1 is 1.39 bits per heavy atom. The van der Waals surface area contributed by atoms with Gasteiger partial charge in [-0.3, -0.25) is 9.36 Å². The van der Waals surface area contributed by atoms with Gasteiger partial charge in [-0.05, 0) is 44.0 Å². The van der Waals surface area contributed by atoms with Crippen LogP contribution >= 0.6 is 23.4 Å². The molecule has 1 amide bonds. The third-order valence-corrected chi connectivity index (χ3v) is 6.20. The first kappa shape index (κ1) is 21.7.